The van der Waals surface area contributed by atoms with Crippen molar-refractivity contribution in [3.05, 3.63) is 41.0 Å². The van der Waals surface area contributed by atoms with E-state index in [4.69, 9.17) is 0 Å². The molecule has 1 unspecified atom stereocenters. The van der Waals surface area contributed by atoms with E-state index in [0.29, 0.717) is 13.0 Å². The number of carbonyl (C=O) groups excluding carboxylic acids is 3. The Bertz CT molecular complexity index is 1150. The van der Waals surface area contributed by atoms with Gasteiger partial charge in [0.1, 0.15) is 12.1 Å². The van der Waals surface area contributed by atoms with Crippen molar-refractivity contribution >= 4 is 45.0 Å². The van der Waals surface area contributed by atoms with Gasteiger partial charge in [-0.1, -0.05) is 86.6 Å². The average molecular weight is 650 g/mol. The molecule has 1 aliphatic rings. The van der Waals surface area contributed by atoms with Crippen molar-refractivity contribution in [2.75, 3.05) is 11.9 Å². The second kappa shape index (κ2) is 15.8. The first-order valence-electron chi connectivity index (χ1n) is 14.6. The molecule has 8 nitrogen and oxygen atoms in total. The molecule has 0 bridgehead atoms. The number of unbranched alkanes of at least 4 members (excludes halogenated alkanes) is 5. The number of aryl methyl sites for hydroxylation is 1. The molecule has 1 aromatic carbocycles. The Morgan fingerprint density at radius 1 is 1.10 bits per heavy atom. The number of rotatable bonds is 14. The van der Waals surface area contributed by atoms with Crippen molar-refractivity contribution < 1.29 is 19.5 Å². The molecule has 3 amide bonds. The van der Waals surface area contributed by atoms with E-state index in [-0.39, 0.29) is 30.7 Å². The highest BCUT2D eigenvalue weighted by atomic mass is 79.9. The third kappa shape index (κ3) is 9.89. The summed E-state index contributed by atoms with van der Waals surface area (Å²) in [5, 5.41) is 17.3. The number of aliphatic hydroxyl groups excluding tert-OH is 1. The second-order valence-corrected chi connectivity index (χ2v) is 13.7. The van der Waals surface area contributed by atoms with Crippen LogP contribution in [0.15, 0.2) is 29.8 Å². The van der Waals surface area contributed by atoms with Crippen molar-refractivity contribution in [2.45, 2.75) is 104 Å². The molecule has 1 aliphatic heterocycles. The normalized spacial score (nSPS) is 17.9. The number of aromatic nitrogens is 1. The predicted octanol–water partition coefficient (Wildman–Crippen LogP) is 5.35. The summed E-state index contributed by atoms with van der Waals surface area (Å²) in [4.78, 5) is 46.6. The number of β-amino-alcohol motifs (C(OH)–C–C–N with tert-alkyl or cyclic N) is 1. The number of hydrogen-bond acceptors (Lipinski definition) is 6. The largest absolute Gasteiger partial charge is 0.391 e. The lowest BCUT2D eigenvalue weighted by molar-refractivity contribution is -0.144. The van der Waals surface area contributed by atoms with E-state index in [9.17, 15) is 19.5 Å². The number of likely N-dealkylation sites (tertiary alicyclic amines) is 1. The van der Waals surface area contributed by atoms with E-state index >= 15 is 0 Å². The van der Waals surface area contributed by atoms with E-state index in [2.05, 4.69) is 31.5 Å². The van der Waals surface area contributed by atoms with E-state index in [0.717, 1.165) is 52.7 Å². The number of hydrogen-bond donors (Lipinski definition) is 3. The molecule has 0 aliphatic carbocycles. The first-order valence-corrected chi connectivity index (χ1v) is 16.6. The molecule has 41 heavy (non-hydrogen) atoms. The summed E-state index contributed by atoms with van der Waals surface area (Å²) in [6, 6.07) is 6.37. The number of carbonyl (C=O) groups is 3. The molecule has 10 heteroatoms. The van der Waals surface area contributed by atoms with Crippen LogP contribution in [0.1, 0.15) is 83.4 Å². The molecule has 3 N–H and O–H groups in total. The van der Waals surface area contributed by atoms with E-state index in [1.807, 2.05) is 57.5 Å². The third-order valence-electron chi connectivity index (χ3n) is 7.50. The second-order valence-electron chi connectivity index (χ2n) is 12.0. The van der Waals surface area contributed by atoms with Crippen LogP contribution in [0.4, 0.5) is 0 Å². The van der Waals surface area contributed by atoms with Crippen LogP contribution < -0.4 is 10.6 Å². The number of alkyl halides is 1. The molecule has 1 aromatic heterocycles. The Kier molecular flexibility index (Phi) is 12.8. The van der Waals surface area contributed by atoms with Gasteiger partial charge in [0, 0.05) is 31.3 Å². The van der Waals surface area contributed by atoms with E-state index < -0.39 is 23.6 Å². The minimum atomic E-state index is -0.794. The molecule has 3 atom stereocenters. The van der Waals surface area contributed by atoms with Gasteiger partial charge in [0.05, 0.1) is 22.2 Å². The summed E-state index contributed by atoms with van der Waals surface area (Å²) in [7, 11) is 0. The zero-order chi connectivity index (χ0) is 30.0. The van der Waals surface area contributed by atoms with Gasteiger partial charge in [-0.15, -0.1) is 11.3 Å². The van der Waals surface area contributed by atoms with Crippen molar-refractivity contribution in [3.63, 3.8) is 0 Å². The molecule has 1 saturated heterocycles. The zero-order valence-electron chi connectivity index (χ0n) is 24.7. The summed E-state index contributed by atoms with van der Waals surface area (Å²) in [5.74, 6) is -0.797. The number of nitrogens with one attached hydrogen (secondary N) is 2. The fourth-order valence-electron chi connectivity index (χ4n) is 5.10. The van der Waals surface area contributed by atoms with Gasteiger partial charge in [0.25, 0.3) is 0 Å². The minimum Gasteiger partial charge on any atom is -0.391 e. The van der Waals surface area contributed by atoms with Gasteiger partial charge in [-0.2, -0.15) is 0 Å². The first kappa shape index (κ1) is 33.2. The van der Waals surface area contributed by atoms with E-state index in [1.165, 1.54) is 17.7 Å². The molecule has 2 aromatic rings. The molecule has 3 rings (SSSR count). The van der Waals surface area contributed by atoms with Crippen molar-refractivity contribution in [1.29, 1.82) is 0 Å². The number of nitrogens with zero attached hydrogens (tertiary/aromatic N) is 2. The monoisotopic (exact) mass is 648 g/mol. The van der Waals surface area contributed by atoms with Gasteiger partial charge in [-0.25, -0.2) is 4.98 Å². The van der Waals surface area contributed by atoms with Crippen molar-refractivity contribution in [3.8, 4) is 10.4 Å². The zero-order valence-corrected chi connectivity index (χ0v) is 27.2. The highest BCUT2D eigenvalue weighted by Crippen LogP contribution is 2.28. The average Bonchev–Trinajstić information content (AvgIpc) is 3.54. The maximum absolute atomic E-state index is 13.7. The Morgan fingerprint density at radius 2 is 1.76 bits per heavy atom. The Hall–Kier alpha value is -2.30. The predicted molar refractivity (Wildman–Crippen MR) is 168 cm³/mol. The Labute approximate surface area is 256 Å². The van der Waals surface area contributed by atoms with Crippen LogP contribution in [0.5, 0.6) is 0 Å². The van der Waals surface area contributed by atoms with Crippen LogP contribution in [-0.2, 0) is 20.9 Å². The number of amides is 3. The Morgan fingerprint density at radius 3 is 2.37 bits per heavy atom. The van der Waals surface area contributed by atoms with Crippen LogP contribution in [0.3, 0.4) is 0 Å². The molecule has 1 fully saturated rings. The summed E-state index contributed by atoms with van der Waals surface area (Å²) in [6.07, 6.45) is 6.12. The van der Waals surface area contributed by atoms with Crippen molar-refractivity contribution in [1.82, 2.24) is 20.5 Å². The lowest BCUT2D eigenvalue weighted by Crippen LogP contribution is -2.57. The smallest absolute Gasteiger partial charge is 0.246 e. The van der Waals surface area contributed by atoms with Crippen LogP contribution in [-0.4, -0.2) is 62.8 Å². The first-order chi connectivity index (χ1) is 19.5. The highest BCUT2D eigenvalue weighted by Gasteiger charge is 2.44. The molecule has 0 spiro atoms. The maximum Gasteiger partial charge on any atom is 0.246 e. The van der Waals surface area contributed by atoms with Gasteiger partial charge in [-0.3, -0.25) is 14.4 Å². The maximum atomic E-state index is 13.7. The topological polar surface area (TPSA) is 112 Å². The SMILES string of the molecule is Cc1ncsc1-c1ccc(CNC(=O)[C@@H]2C[C@@H](O)CN2C(=O)C(NC(=O)CCCCCCCCBr)C(C)(C)C)cc1. The van der Waals surface area contributed by atoms with Gasteiger partial charge in [0.2, 0.25) is 17.7 Å². The minimum absolute atomic E-state index is 0.0661. The molecule has 0 saturated carbocycles. The molecular formula is C31H45BrN4O4S. The number of halogens is 1. The van der Waals surface area contributed by atoms with Crippen LogP contribution in [0, 0.1) is 12.3 Å². The van der Waals surface area contributed by atoms with Crippen LogP contribution in [0.25, 0.3) is 10.4 Å². The fourth-order valence-corrected chi connectivity index (χ4v) is 6.31. The quantitative estimate of drug-likeness (QED) is 0.189. The van der Waals surface area contributed by atoms with Crippen LogP contribution in [0.2, 0.25) is 0 Å². The number of benzene rings is 1. The Balaban J connectivity index is 1.57. The van der Waals surface area contributed by atoms with Crippen molar-refractivity contribution in [2.24, 2.45) is 5.41 Å². The van der Waals surface area contributed by atoms with Gasteiger partial charge in [0.15, 0.2) is 0 Å². The van der Waals surface area contributed by atoms with Gasteiger partial charge in [-0.05, 0) is 36.3 Å². The van der Waals surface area contributed by atoms with Crippen LogP contribution >= 0.6 is 27.3 Å². The highest BCUT2D eigenvalue weighted by molar-refractivity contribution is 9.09. The lowest BCUT2D eigenvalue weighted by Gasteiger charge is -2.35. The molecule has 2 heterocycles. The third-order valence-corrected chi connectivity index (χ3v) is 9.04. The summed E-state index contributed by atoms with van der Waals surface area (Å²) in [5.41, 5.74) is 4.27. The summed E-state index contributed by atoms with van der Waals surface area (Å²) >= 11 is 5.04. The summed E-state index contributed by atoms with van der Waals surface area (Å²) < 4.78 is 0. The lowest BCUT2D eigenvalue weighted by atomic mass is 9.85. The number of thiazole rings is 1. The fraction of sp³-hybridized carbons (Fsp3) is 0.613. The number of aliphatic hydroxyl groups is 1. The summed E-state index contributed by atoms with van der Waals surface area (Å²) in [6.45, 7) is 8.06. The van der Waals surface area contributed by atoms with E-state index in [1.54, 1.807) is 11.3 Å². The standard InChI is InChI=1S/C31H45BrN4O4S/c1-21-27(41-20-34-21)23-14-12-22(13-15-23)18-33-29(39)25-17-24(37)19-36(25)30(40)28(31(2,3)4)35-26(38)11-9-7-5-6-8-10-16-32/h12-15,20,24-25,28,37H,5-11,16-19H2,1-4H3,(H,33,39)(H,35,38)/t24-,25+,28?/m1/s1. The molecular weight excluding hydrogens is 604 g/mol. The molecule has 0 radical (unpaired) electrons. The molecule has 226 valence electrons. The van der Waals surface area contributed by atoms with Gasteiger partial charge < -0.3 is 20.6 Å². The van der Waals surface area contributed by atoms with Gasteiger partial charge >= 0.3 is 0 Å².